The highest BCUT2D eigenvalue weighted by atomic mass is 19.1. The molecule has 0 saturated heterocycles. The molecule has 1 N–H and O–H groups in total. The zero-order valence-corrected chi connectivity index (χ0v) is 19.8. The van der Waals surface area contributed by atoms with Crippen molar-refractivity contribution < 1.29 is 18.7 Å². The van der Waals surface area contributed by atoms with Gasteiger partial charge in [-0.2, -0.15) is 0 Å². The monoisotopic (exact) mass is 462 g/mol. The van der Waals surface area contributed by atoms with Crippen molar-refractivity contribution in [2.24, 2.45) is 7.05 Å². The highest BCUT2D eigenvalue weighted by molar-refractivity contribution is 5.96. The zero-order chi connectivity index (χ0) is 24.4. The van der Waals surface area contributed by atoms with Gasteiger partial charge in [0.15, 0.2) is 0 Å². The maximum Gasteiger partial charge on any atom is 0.253 e. The van der Waals surface area contributed by atoms with E-state index in [1.54, 1.807) is 62.2 Å². The van der Waals surface area contributed by atoms with E-state index < -0.39 is 6.04 Å². The van der Waals surface area contributed by atoms with Gasteiger partial charge in [-0.05, 0) is 49.7 Å². The van der Waals surface area contributed by atoms with Gasteiger partial charge in [-0.1, -0.05) is 12.1 Å². The summed E-state index contributed by atoms with van der Waals surface area (Å²) in [5.41, 5.74) is 3.00. The van der Waals surface area contributed by atoms with Gasteiger partial charge >= 0.3 is 0 Å². The molecule has 1 unspecified atom stereocenters. The number of carbonyl (C=O) groups excluding carboxylic acids is 1. The minimum absolute atomic E-state index is 0.300. The number of rotatable bonds is 7. The lowest BCUT2D eigenvalue weighted by Gasteiger charge is -2.21. The normalized spacial score (nSPS) is 11.8. The van der Waals surface area contributed by atoms with E-state index >= 15 is 0 Å². The van der Waals surface area contributed by atoms with Crippen LogP contribution >= 0.6 is 0 Å². The second-order valence-corrected chi connectivity index (χ2v) is 8.02. The van der Waals surface area contributed by atoms with Crippen molar-refractivity contribution in [1.82, 2.24) is 19.4 Å². The fourth-order valence-electron chi connectivity index (χ4n) is 4.15. The zero-order valence-electron chi connectivity index (χ0n) is 19.8. The number of imidazole rings is 1. The first-order valence-corrected chi connectivity index (χ1v) is 10.8. The van der Waals surface area contributed by atoms with Crippen molar-refractivity contribution in [1.29, 1.82) is 0 Å². The summed E-state index contributed by atoms with van der Waals surface area (Å²) in [6, 6.07) is 13.1. The van der Waals surface area contributed by atoms with Gasteiger partial charge in [-0.15, -0.1) is 0 Å². The van der Waals surface area contributed by atoms with Gasteiger partial charge in [0, 0.05) is 36.9 Å². The third-order valence-corrected chi connectivity index (χ3v) is 5.87. The Labute approximate surface area is 197 Å². The number of nitrogens with zero attached hydrogens (tertiary/aromatic N) is 3. The van der Waals surface area contributed by atoms with Gasteiger partial charge in [0.1, 0.15) is 29.2 Å². The molecule has 0 radical (unpaired) electrons. The van der Waals surface area contributed by atoms with Crippen LogP contribution in [0.1, 0.15) is 39.2 Å². The molecule has 0 bridgehead atoms. The van der Waals surface area contributed by atoms with Crippen LogP contribution in [0.15, 0.2) is 60.9 Å². The largest absolute Gasteiger partial charge is 0.497 e. The van der Waals surface area contributed by atoms with E-state index in [0.717, 1.165) is 11.3 Å². The van der Waals surface area contributed by atoms with E-state index in [4.69, 9.17) is 9.47 Å². The molecule has 1 atom stereocenters. The smallest absolute Gasteiger partial charge is 0.253 e. The van der Waals surface area contributed by atoms with Crippen molar-refractivity contribution >= 4 is 5.91 Å². The molecule has 0 aliphatic heterocycles. The van der Waals surface area contributed by atoms with Gasteiger partial charge in [0.2, 0.25) is 0 Å². The van der Waals surface area contributed by atoms with Crippen LogP contribution in [0.5, 0.6) is 11.5 Å². The standard InChI is InChI=1S/C26H27FN4O3/c1-16-12-21(17(2)31(16)23-9-7-6-8-22(23)27)26(32)29-24(25-28-10-11-30(25)3)18-13-19(33-4)15-20(14-18)34-5/h6-15,24H,1-5H3,(H,29,32). The molecule has 2 aromatic carbocycles. The molecule has 0 aliphatic rings. The van der Waals surface area contributed by atoms with Crippen LogP contribution in [-0.2, 0) is 7.05 Å². The fourth-order valence-corrected chi connectivity index (χ4v) is 4.15. The minimum Gasteiger partial charge on any atom is -0.497 e. The average molecular weight is 463 g/mol. The lowest BCUT2D eigenvalue weighted by Crippen LogP contribution is -2.31. The Morgan fingerprint density at radius 3 is 2.32 bits per heavy atom. The first kappa shape index (κ1) is 23.1. The molecule has 2 heterocycles. The Morgan fingerprint density at radius 2 is 1.74 bits per heavy atom. The summed E-state index contributed by atoms with van der Waals surface area (Å²) in [4.78, 5) is 18.0. The summed E-state index contributed by atoms with van der Waals surface area (Å²) in [6.07, 6.45) is 3.49. The van der Waals surface area contributed by atoms with Crippen molar-refractivity contribution in [2.75, 3.05) is 14.2 Å². The molecule has 4 rings (SSSR count). The summed E-state index contributed by atoms with van der Waals surface area (Å²) < 4.78 is 28.9. The third kappa shape index (κ3) is 4.26. The Bertz CT molecular complexity index is 1320. The number of benzene rings is 2. The SMILES string of the molecule is COc1cc(OC)cc(C(NC(=O)c2cc(C)n(-c3ccccc3F)c2C)c2nccn2C)c1. The molecule has 4 aromatic rings. The second-order valence-electron chi connectivity index (χ2n) is 8.02. The maximum absolute atomic E-state index is 14.5. The molecular formula is C26H27FN4O3. The topological polar surface area (TPSA) is 70.3 Å². The molecule has 0 saturated carbocycles. The number of hydrogen-bond donors (Lipinski definition) is 1. The molecule has 7 nitrogen and oxygen atoms in total. The number of methoxy groups -OCH3 is 2. The highest BCUT2D eigenvalue weighted by Crippen LogP contribution is 2.30. The summed E-state index contributed by atoms with van der Waals surface area (Å²) in [5.74, 6) is 1.18. The lowest BCUT2D eigenvalue weighted by atomic mass is 10.0. The van der Waals surface area contributed by atoms with Crippen molar-refractivity contribution in [3.05, 3.63) is 95.1 Å². The Kier molecular flexibility index (Phi) is 6.40. The number of hydrogen-bond acceptors (Lipinski definition) is 4. The molecule has 34 heavy (non-hydrogen) atoms. The maximum atomic E-state index is 14.5. The number of carbonyl (C=O) groups is 1. The molecule has 8 heteroatoms. The molecule has 0 spiro atoms. The second kappa shape index (κ2) is 9.43. The van der Waals surface area contributed by atoms with E-state index in [2.05, 4.69) is 10.3 Å². The first-order chi connectivity index (χ1) is 16.3. The van der Waals surface area contributed by atoms with E-state index in [1.807, 2.05) is 36.9 Å². The highest BCUT2D eigenvalue weighted by Gasteiger charge is 2.25. The number of aryl methyl sites for hydroxylation is 2. The van der Waals surface area contributed by atoms with Crippen LogP contribution < -0.4 is 14.8 Å². The number of amides is 1. The van der Waals surface area contributed by atoms with Crippen LogP contribution in [-0.4, -0.2) is 34.2 Å². The summed E-state index contributed by atoms with van der Waals surface area (Å²) in [6.45, 7) is 3.65. The van der Waals surface area contributed by atoms with Gasteiger partial charge in [0.05, 0.1) is 25.5 Å². The van der Waals surface area contributed by atoms with Crippen molar-refractivity contribution in [3.8, 4) is 17.2 Å². The number of para-hydroxylation sites is 1. The fraction of sp³-hybridized carbons (Fsp3) is 0.231. The van der Waals surface area contributed by atoms with Crippen molar-refractivity contribution in [3.63, 3.8) is 0 Å². The predicted molar refractivity (Wildman–Crippen MR) is 127 cm³/mol. The van der Waals surface area contributed by atoms with E-state index in [0.29, 0.717) is 34.3 Å². The Morgan fingerprint density at radius 1 is 1.06 bits per heavy atom. The van der Waals surface area contributed by atoms with E-state index in [-0.39, 0.29) is 11.7 Å². The van der Waals surface area contributed by atoms with Gasteiger partial charge < -0.3 is 23.9 Å². The molecule has 1 amide bonds. The average Bonchev–Trinajstić information content (AvgIpc) is 3.39. The molecular weight excluding hydrogens is 435 g/mol. The predicted octanol–water partition coefficient (Wildman–Crippen LogP) is 4.50. The van der Waals surface area contributed by atoms with Gasteiger partial charge in [-0.25, -0.2) is 9.37 Å². The summed E-state index contributed by atoms with van der Waals surface area (Å²) in [7, 11) is 5.01. The van der Waals surface area contributed by atoms with Crippen molar-refractivity contribution in [2.45, 2.75) is 19.9 Å². The lowest BCUT2D eigenvalue weighted by molar-refractivity contribution is 0.0940. The molecule has 0 aliphatic carbocycles. The Balaban J connectivity index is 1.76. The summed E-state index contributed by atoms with van der Waals surface area (Å²) >= 11 is 0. The number of halogens is 1. The Hall–Kier alpha value is -4.07. The van der Waals surface area contributed by atoms with Gasteiger partial charge in [0.25, 0.3) is 5.91 Å². The van der Waals surface area contributed by atoms with E-state index in [9.17, 15) is 9.18 Å². The number of aromatic nitrogens is 3. The number of nitrogens with one attached hydrogen (secondary N) is 1. The quantitative estimate of drug-likeness (QED) is 0.439. The molecule has 2 aromatic heterocycles. The molecule has 176 valence electrons. The van der Waals surface area contributed by atoms with Crippen LogP contribution in [0, 0.1) is 19.7 Å². The summed E-state index contributed by atoms with van der Waals surface area (Å²) in [5, 5.41) is 3.10. The third-order valence-electron chi connectivity index (χ3n) is 5.87. The van der Waals surface area contributed by atoms with Gasteiger partial charge in [-0.3, -0.25) is 4.79 Å². The van der Waals surface area contributed by atoms with Crippen LogP contribution in [0.4, 0.5) is 4.39 Å². The molecule has 0 fully saturated rings. The van der Waals surface area contributed by atoms with Crippen LogP contribution in [0.25, 0.3) is 5.69 Å². The minimum atomic E-state index is -0.576. The number of ether oxygens (including phenoxy) is 2. The first-order valence-electron chi connectivity index (χ1n) is 10.8. The van der Waals surface area contributed by atoms with Crippen LogP contribution in [0.3, 0.4) is 0 Å². The van der Waals surface area contributed by atoms with E-state index in [1.165, 1.54) is 6.07 Å². The van der Waals surface area contributed by atoms with Crippen LogP contribution in [0.2, 0.25) is 0 Å².